The van der Waals surface area contributed by atoms with Gasteiger partial charge in [-0.25, -0.2) is 4.98 Å². The summed E-state index contributed by atoms with van der Waals surface area (Å²) in [5.74, 6) is 1.63. The number of ether oxygens (including phenoxy) is 2. The smallest absolute Gasteiger partial charge is 0.249 e. The molecule has 1 aliphatic rings. The number of carbonyl (C=O) groups excluding carboxylic acids is 1. The van der Waals surface area contributed by atoms with Crippen molar-refractivity contribution in [3.05, 3.63) is 122 Å². The molecular formula is C35H35Cl2N3O3. The molecule has 5 rings (SSSR count). The number of halogens is 2. The summed E-state index contributed by atoms with van der Waals surface area (Å²) in [6.07, 6.45) is 3.51. The lowest BCUT2D eigenvalue weighted by atomic mass is 10.1. The maximum atomic E-state index is 13.2. The Morgan fingerprint density at radius 2 is 1.60 bits per heavy atom. The predicted octanol–water partition coefficient (Wildman–Crippen LogP) is 8.12. The molecule has 0 N–H and O–H groups in total. The van der Waals surface area contributed by atoms with Gasteiger partial charge >= 0.3 is 0 Å². The van der Waals surface area contributed by atoms with E-state index in [0.717, 1.165) is 41.3 Å². The summed E-state index contributed by atoms with van der Waals surface area (Å²) in [6.45, 7) is 10.2. The molecule has 1 aromatic heterocycles. The van der Waals surface area contributed by atoms with Crippen molar-refractivity contribution in [1.82, 2.24) is 14.8 Å². The van der Waals surface area contributed by atoms with Crippen LogP contribution in [-0.4, -0.2) is 46.9 Å². The summed E-state index contributed by atoms with van der Waals surface area (Å²) in [5, 5.41) is 1.19. The quantitative estimate of drug-likeness (QED) is 0.178. The number of rotatable bonds is 9. The molecule has 1 fully saturated rings. The van der Waals surface area contributed by atoms with E-state index in [0.29, 0.717) is 47.7 Å². The maximum Gasteiger partial charge on any atom is 0.249 e. The molecule has 0 atom stereocenters. The van der Waals surface area contributed by atoms with Gasteiger partial charge in [0.15, 0.2) is 5.75 Å². The van der Waals surface area contributed by atoms with Gasteiger partial charge in [0, 0.05) is 49.4 Å². The van der Waals surface area contributed by atoms with Crippen molar-refractivity contribution in [2.24, 2.45) is 0 Å². The van der Waals surface area contributed by atoms with Gasteiger partial charge in [-0.05, 0) is 79.4 Å². The average Bonchev–Trinajstić information content (AvgIpc) is 3.00. The fraction of sp³-hybridized carbons (Fsp3) is 0.257. The molecule has 4 aromatic rings. The molecule has 1 saturated heterocycles. The lowest BCUT2D eigenvalue weighted by molar-refractivity contribution is -0.128. The van der Waals surface area contributed by atoms with Crippen LogP contribution >= 0.6 is 23.2 Å². The summed E-state index contributed by atoms with van der Waals surface area (Å²) < 4.78 is 11.9. The minimum atomic E-state index is 0.0362. The molecule has 0 radical (unpaired) electrons. The number of aromatic nitrogens is 1. The van der Waals surface area contributed by atoms with Crippen LogP contribution in [-0.2, 0) is 17.9 Å². The number of aryl methyl sites for hydroxylation is 2. The van der Waals surface area contributed by atoms with E-state index in [2.05, 4.69) is 28.9 Å². The highest BCUT2D eigenvalue weighted by Crippen LogP contribution is 2.34. The maximum absolute atomic E-state index is 13.2. The van der Waals surface area contributed by atoms with Crippen molar-refractivity contribution in [2.75, 3.05) is 26.2 Å². The highest BCUT2D eigenvalue weighted by Gasteiger charge is 2.22. The van der Waals surface area contributed by atoms with Gasteiger partial charge in [-0.1, -0.05) is 65.2 Å². The lowest BCUT2D eigenvalue weighted by Crippen LogP contribution is -2.48. The van der Waals surface area contributed by atoms with E-state index in [1.165, 1.54) is 11.1 Å². The molecule has 0 unspecified atom stereocenters. The SMILES string of the molecule is CC(=Cc1cc(C)c(Oc2ccc(OCc3ccc(C)cc3)cn2)c(Cl)c1)C(=O)N1CCN(Cc2ccc(Cl)cc2)CC1. The van der Waals surface area contributed by atoms with Crippen molar-refractivity contribution in [3.63, 3.8) is 0 Å². The Bertz CT molecular complexity index is 1560. The van der Waals surface area contributed by atoms with Crippen LogP contribution in [0.25, 0.3) is 6.08 Å². The standard InChI is InChI=1S/C35H35Cl2N3O3/c1-24-4-6-28(7-5-24)23-42-31-12-13-33(38-21-31)43-34-25(2)18-29(20-32(34)37)19-26(3)35(41)40-16-14-39(15-17-40)22-27-8-10-30(36)11-9-27/h4-13,18-21H,14-17,22-23H2,1-3H3. The fourth-order valence-electron chi connectivity index (χ4n) is 4.96. The number of hydrogen-bond acceptors (Lipinski definition) is 5. The van der Waals surface area contributed by atoms with Gasteiger partial charge in [-0.3, -0.25) is 9.69 Å². The second-order valence-electron chi connectivity index (χ2n) is 10.9. The molecule has 0 bridgehead atoms. The second kappa shape index (κ2) is 14.1. The van der Waals surface area contributed by atoms with Crippen LogP contribution in [0.4, 0.5) is 0 Å². The van der Waals surface area contributed by atoms with Crippen LogP contribution in [0, 0.1) is 13.8 Å². The van der Waals surface area contributed by atoms with E-state index in [4.69, 9.17) is 32.7 Å². The lowest BCUT2D eigenvalue weighted by Gasteiger charge is -2.35. The van der Waals surface area contributed by atoms with Crippen LogP contribution in [0.2, 0.25) is 10.0 Å². The molecule has 0 spiro atoms. The molecule has 0 saturated carbocycles. The number of hydrogen-bond donors (Lipinski definition) is 0. The van der Waals surface area contributed by atoms with E-state index < -0.39 is 0 Å². The topological polar surface area (TPSA) is 54.9 Å². The second-order valence-corrected chi connectivity index (χ2v) is 11.7. The zero-order valence-electron chi connectivity index (χ0n) is 24.6. The first-order valence-corrected chi connectivity index (χ1v) is 15.1. The van der Waals surface area contributed by atoms with Crippen molar-refractivity contribution in [2.45, 2.75) is 33.9 Å². The van der Waals surface area contributed by atoms with Gasteiger partial charge in [0.1, 0.15) is 12.4 Å². The number of amides is 1. The third-order valence-corrected chi connectivity index (χ3v) is 7.93. The van der Waals surface area contributed by atoms with E-state index in [-0.39, 0.29) is 5.91 Å². The van der Waals surface area contributed by atoms with Crippen molar-refractivity contribution < 1.29 is 14.3 Å². The van der Waals surface area contributed by atoms with Crippen molar-refractivity contribution in [3.8, 4) is 17.4 Å². The largest absolute Gasteiger partial charge is 0.487 e. The molecule has 0 aliphatic carbocycles. The zero-order valence-corrected chi connectivity index (χ0v) is 26.2. The Kier molecular flexibility index (Phi) is 10.0. The first kappa shape index (κ1) is 30.6. The Labute approximate surface area is 263 Å². The number of carbonyl (C=O) groups is 1. The third kappa shape index (κ3) is 8.38. The number of piperazine rings is 1. The van der Waals surface area contributed by atoms with Gasteiger partial charge in [-0.2, -0.15) is 0 Å². The summed E-state index contributed by atoms with van der Waals surface area (Å²) in [5.41, 5.74) is 5.87. The van der Waals surface area contributed by atoms with Gasteiger partial charge in [0.25, 0.3) is 0 Å². The van der Waals surface area contributed by atoms with E-state index >= 15 is 0 Å². The summed E-state index contributed by atoms with van der Waals surface area (Å²) >= 11 is 12.6. The van der Waals surface area contributed by atoms with Crippen LogP contribution in [0.15, 0.2) is 84.6 Å². The minimum Gasteiger partial charge on any atom is -0.487 e. The van der Waals surface area contributed by atoms with Crippen molar-refractivity contribution in [1.29, 1.82) is 0 Å². The monoisotopic (exact) mass is 615 g/mol. The van der Waals surface area contributed by atoms with Crippen LogP contribution in [0.1, 0.15) is 34.7 Å². The van der Waals surface area contributed by atoms with Gasteiger partial charge < -0.3 is 14.4 Å². The molecule has 2 heterocycles. The van der Waals surface area contributed by atoms with Crippen LogP contribution in [0.5, 0.6) is 17.4 Å². The fourth-order valence-corrected chi connectivity index (χ4v) is 5.40. The number of pyridine rings is 1. The summed E-state index contributed by atoms with van der Waals surface area (Å²) in [7, 11) is 0. The minimum absolute atomic E-state index is 0.0362. The van der Waals surface area contributed by atoms with Gasteiger partial charge in [0.2, 0.25) is 11.8 Å². The van der Waals surface area contributed by atoms with Crippen LogP contribution < -0.4 is 9.47 Å². The highest BCUT2D eigenvalue weighted by molar-refractivity contribution is 6.32. The molecule has 8 heteroatoms. The van der Waals surface area contributed by atoms with E-state index in [1.54, 1.807) is 12.3 Å². The molecule has 43 heavy (non-hydrogen) atoms. The summed E-state index contributed by atoms with van der Waals surface area (Å²) in [4.78, 5) is 21.9. The molecule has 3 aromatic carbocycles. The molecule has 6 nitrogen and oxygen atoms in total. The highest BCUT2D eigenvalue weighted by atomic mass is 35.5. The number of benzene rings is 3. The Hall–Kier alpha value is -3.84. The van der Waals surface area contributed by atoms with Crippen molar-refractivity contribution >= 4 is 35.2 Å². The van der Waals surface area contributed by atoms with E-state index in [9.17, 15) is 4.79 Å². The van der Waals surface area contributed by atoms with E-state index in [1.807, 2.05) is 79.4 Å². The van der Waals surface area contributed by atoms with Gasteiger partial charge in [0.05, 0.1) is 11.2 Å². The normalized spacial score (nSPS) is 14.1. The molecule has 1 aliphatic heterocycles. The Morgan fingerprint density at radius 3 is 2.26 bits per heavy atom. The van der Waals surface area contributed by atoms with Gasteiger partial charge in [-0.15, -0.1) is 0 Å². The Balaban J connectivity index is 1.15. The zero-order chi connectivity index (χ0) is 30.3. The Morgan fingerprint density at radius 1 is 0.907 bits per heavy atom. The predicted molar refractivity (Wildman–Crippen MR) is 173 cm³/mol. The molecular weight excluding hydrogens is 581 g/mol. The summed E-state index contributed by atoms with van der Waals surface area (Å²) in [6, 6.07) is 23.5. The first-order chi connectivity index (χ1) is 20.7. The average molecular weight is 617 g/mol. The first-order valence-electron chi connectivity index (χ1n) is 14.3. The number of nitrogens with zero attached hydrogens (tertiary/aromatic N) is 3. The van der Waals surface area contributed by atoms with Crippen LogP contribution in [0.3, 0.4) is 0 Å². The third-order valence-electron chi connectivity index (χ3n) is 7.39. The molecule has 222 valence electrons. The molecule has 1 amide bonds.